The highest BCUT2D eigenvalue weighted by molar-refractivity contribution is 6.08. The first-order chi connectivity index (χ1) is 14.8. The van der Waals surface area contributed by atoms with Crippen molar-refractivity contribution < 1.29 is 14.3 Å². The molecule has 1 N–H and O–H groups in total. The first kappa shape index (κ1) is 23.3. The van der Waals surface area contributed by atoms with Crippen LogP contribution in [-0.2, 0) is 9.59 Å². The Balaban J connectivity index is 1.86. The number of Topliss-reactive ketones (excluding diaryl/α,β-unsaturated/α-hetero) is 1. The van der Waals surface area contributed by atoms with Gasteiger partial charge in [0.15, 0.2) is 5.78 Å². The van der Waals surface area contributed by atoms with E-state index in [1.165, 1.54) is 18.9 Å². The van der Waals surface area contributed by atoms with Gasteiger partial charge in [-0.2, -0.15) is 0 Å². The van der Waals surface area contributed by atoms with Crippen LogP contribution in [0.2, 0.25) is 0 Å². The van der Waals surface area contributed by atoms with Crippen molar-refractivity contribution in [1.29, 1.82) is 0 Å². The molecule has 0 aliphatic heterocycles. The zero-order chi connectivity index (χ0) is 22.6. The standard InChI is InChI=1S/C27H37NO3/c1-6-9-10-11-16-31-23-13-12-19(18-22(23)28-24(29)7-2)17-20-21-14-15-27(8-3,25(20)30)26(21,4)5/h7,12-13,17-18,21H,2,6,8-11,14-16H2,1,3-5H3,(H,28,29). The summed E-state index contributed by atoms with van der Waals surface area (Å²) in [6.07, 6.45) is 10.7. The Morgan fingerprint density at radius 3 is 2.68 bits per heavy atom. The Bertz CT molecular complexity index is 882. The van der Waals surface area contributed by atoms with Crippen molar-refractivity contribution in [2.75, 3.05) is 11.9 Å². The van der Waals surface area contributed by atoms with Crippen LogP contribution in [-0.4, -0.2) is 18.3 Å². The lowest BCUT2D eigenvalue weighted by molar-refractivity contribution is -0.126. The average Bonchev–Trinajstić information content (AvgIpc) is 3.10. The van der Waals surface area contributed by atoms with Crippen LogP contribution >= 0.6 is 0 Å². The number of ketones is 1. The van der Waals surface area contributed by atoms with Gasteiger partial charge in [0.2, 0.25) is 5.91 Å². The molecule has 2 aliphatic rings. The predicted octanol–water partition coefficient (Wildman–Crippen LogP) is 6.57. The average molecular weight is 424 g/mol. The summed E-state index contributed by atoms with van der Waals surface area (Å²) in [7, 11) is 0. The number of fused-ring (bicyclic) bond motifs is 2. The number of rotatable bonds is 10. The molecule has 4 nitrogen and oxygen atoms in total. The summed E-state index contributed by atoms with van der Waals surface area (Å²) in [5, 5.41) is 2.86. The molecule has 0 spiro atoms. The molecule has 0 saturated heterocycles. The molecule has 1 aromatic rings. The molecule has 2 fully saturated rings. The first-order valence-corrected chi connectivity index (χ1v) is 11.8. The number of ether oxygens (including phenoxy) is 1. The second-order valence-corrected chi connectivity index (χ2v) is 9.54. The van der Waals surface area contributed by atoms with Crippen LogP contribution in [0.15, 0.2) is 36.4 Å². The van der Waals surface area contributed by atoms with Gasteiger partial charge in [-0.25, -0.2) is 0 Å². The summed E-state index contributed by atoms with van der Waals surface area (Å²) < 4.78 is 5.95. The third kappa shape index (κ3) is 4.22. The largest absolute Gasteiger partial charge is 0.491 e. The number of carbonyl (C=O) groups is 2. The van der Waals surface area contributed by atoms with Gasteiger partial charge in [0.05, 0.1) is 12.3 Å². The maximum absolute atomic E-state index is 13.4. The monoisotopic (exact) mass is 423 g/mol. The maximum Gasteiger partial charge on any atom is 0.247 e. The lowest BCUT2D eigenvalue weighted by atomic mass is 9.67. The van der Waals surface area contributed by atoms with E-state index in [4.69, 9.17) is 4.74 Å². The summed E-state index contributed by atoms with van der Waals surface area (Å²) in [6.45, 7) is 13.0. The molecule has 1 aromatic carbocycles. The van der Waals surface area contributed by atoms with Gasteiger partial charge in [-0.3, -0.25) is 9.59 Å². The number of nitrogens with one attached hydrogen (secondary N) is 1. The minimum Gasteiger partial charge on any atom is -0.491 e. The molecule has 2 aliphatic carbocycles. The number of amides is 1. The van der Waals surface area contributed by atoms with Gasteiger partial charge in [0, 0.05) is 5.41 Å². The van der Waals surface area contributed by atoms with Crippen molar-refractivity contribution in [3.05, 3.63) is 42.0 Å². The maximum atomic E-state index is 13.4. The van der Waals surface area contributed by atoms with Crippen LogP contribution in [0.1, 0.15) is 78.2 Å². The van der Waals surface area contributed by atoms with Gasteiger partial charge >= 0.3 is 0 Å². The molecule has 31 heavy (non-hydrogen) atoms. The minimum absolute atomic E-state index is 0.00784. The van der Waals surface area contributed by atoms with Crippen molar-refractivity contribution in [3.8, 4) is 5.75 Å². The van der Waals surface area contributed by atoms with Gasteiger partial charge < -0.3 is 10.1 Å². The second-order valence-electron chi connectivity index (χ2n) is 9.54. The molecule has 2 atom stereocenters. The Hall–Kier alpha value is -2.36. The number of hydrogen-bond acceptors (Lipinski definition) is 3. The topological polar surface area (TPSA) is 55.4 Å². The van der Waals surface area contributed by atoms with Crippen LogP contribution in [0.3, 0.4) is 0 Å². The fourth-order valence-corrected chi connectivity index (χ4v) is 5.69. The number of benzene rings is 1. The molecule has 2 bridgehead atoms. The quantitative estimate of drug-likeness (QED) is 0.342. The zero-order valence-electron chi connectivity index (χ0n) is 19.6. The summed E-state index contributed by atoms with van der Waals surface area (Å²) in [6, 6.07) is 5.77. The fraction of sp³-hybridized carbons (Fsp3) is 0.556. The molecule has 0 heterocycles. The van der Waals surface area contributed by atoms with Crippen molar-refractivity contribution >= 4 is 23.5 Å². The van der Waals surface area contributed by atoms with E-state index in [1.54, 1.807) is 0 Å². The SMILES string of the molecule is C=CC(=O)Nc1cc(C=C2C(=O)C3(CC)CCC2C3(C)C)ccc1OCCCCCC. The molecule has 3 rings (SSSR count). The number of hydrogen-bond donors (Lipinski definition) is 1. The highest BCUT2D eigenvalue weighted by Gasteiger charge is 2.65. The van der Waals surface area contributed by atoms with Gasteiger partial charge in [-0.1, -0.05) is 59.6 Å². The van der Waals surface area contributed by atoms with Gasteiger partial charge in [0.25, 0.3) is 0 Å². The number of allylic oxidation sites excluding steroid dienone is 1. The van der Waals surface area contributed by atoms with Gasteiger partial charge in [-0.05, 0) is 72.4 Å². The number of anilines is 1. The van der Waals surface area contributed by atoms with Crippen molar-refractivity contribution in [3.63, 3.8) is 0 Å². The van der Waals surface area contributed by atoms with Crippen LogP contribution in [0, 0.1) is 16.7 Å². The molecule has 2 unspecified atom stereocenters. The van der Waals surface area contributed by atoms with E-state index >= 15 is 0 Å². The third-order valence-electron chi connectivity index (χ3n) is 7.66. The van der Waals surface area contributed by atoms with Gasteiger partial charge in [-0.15, -0.1) is 0 Å². The van der Waals surface area contributed by atoms with E-state index in [-0.39, 0.29) is 16.7 Å². The Labute approximate surface area is 187 Å². The van der Waals surface area contributed by atoms with E-state index < -0.39 is 0 Å². The molecule has 0 aromatic heterocycles. The van der Waals surface area contributed by atoms with Crippen LogP contribution in [0.4, 0.5) is 5.69 Å². The molecule has 1 amide bonds. The Morgan fingerprint density at radius 1 is 1.26 bits per heavy atom. The predicted molar refractivity (Wildman–Crippen MR) is 127 cm³/mol. The molecule has 4 heteroatoms. The lowest BCUT2D eigenvalue weighted by Gasteiger charge is -2.34. The van der Waals surface area contributed by atoms with E-state index in [0.717, 1.165) is 43.2 Å². The van der Waals surface area contributed by atoms with Crippen molar-refractivity contribution in [2.45, 2.75) is 72.6 Å². The molecular formula is C27H37NO3. The highest BCUT2D eigenvalue weighted by atomic mass is 16.5. The van der Waals surface area contributed by atoms with Gasteiger partial charge in [0.1, 0.15) is 5.75 Å². The molecule has 2 saturated carbocycles. The van der Waals surface area contributed by atoms with Crippen LogP contribution < -0.4 is 10.1 Å². The summed E-state index contributed by atoms with van der Waals surface area (Å²) >= 11 is 0. The molecular weight excluding hydrogens is 386 g/mol. The number of unbranched alkanes of at least 4 members (excludes halogenated alkanes) is 3. The smallest absolute Gasteiger partial charge is 0.247 e. The molecule has 0 radical (unpaired) electrons. The van der Waals surface area contributed by atoms with E-state index in [1.807, 2.05) is 24.3 Å². The van der Waals surface area contributed by atoms with Crippen molar-refractivity contribution in [1.82, 2.24) is 0 Å². The normalized spacial score (nSPS) is 25.1. The van der Waals surface area contributed by atoms with E-state index in [2.05, 4.69) is 39.6 Å². The second kappa shape index (κ2) is 9.42. The fourth-order valence-electron chi connectivity index (χ4n) is 5.69. The zero-order valence-corrected chi connectivity index (χ0v) is 19.6. The first-order valence-electron chi connectivity index (χ1n) is 11.8. The number of carbonyl (C=O) groups excluding carboxylic acids is 2. The lowest BCUT2D eigenvalue weighted by Crippen LogP contribution is -2.35. The van der Waals surface area contributed by atoms with Crippen molar-refractivity contribution in [2.24, 2.45) is 16.7 Å². The molecule has 168 valence electrons. The van der Waals surface area contributed by atoms with E-state index in [0.29, 0.717) is 29.7 Å². The van der Waals surface area contributed by atoms with Crippen LogP contribution in [0.25, 0.3) is 6.08 Å². The summed E-state index contributed by atoms with van der Waals surface area (Å²) in [5.41, 5.74) is 2.23. The Morgan fingerprint density at radius 2 is 2.03 bits per heavy atom. The third-order valence-corrected chi connectivity index (χ3v) is 7.66. The minimum atomic E-state index is -0.275. The summed E-state index contributed by atoms with van der Waals surface area (Å²) in [5.74, 6) is 0.978. The van der Waals surface area contributed by atoms with E-state index in [9.17, 15) is 9.59 Å². The summed E-state index contributed by atoms with van der Waals surface area (Å²) in [4.78, 5) is 25.3. The van der Waals surface area contributed by atoms with Crippen LogP contribution in [0.5, 0.6) is 5.75 Å². The highest BCUT2D eigenvalue weighted by Crippen LogP contribution is 2.67. The Kier molecular flexibility index (Phi) is 7.08.